The highest BCUT2D eigenvalue weighted by Gasteiger charge is 2.13. The quantitative estimate of drug-likeness (QED) is 0.458. The first-order chi connectivity index (χ1) is 13.1. The molecule has 0 saturated carbocycles. The van der Waals surface area contributed by atoms with Crippen LogP contribution >= 0.6 is 11.8 Å². The molecule has 0 aliphatic rings. The maximum Gasteiger partial charge on any atom is 0.256 e. The van der Waals surface area contributed by atoms with E-state index in [1.54, 1.807) is 29.7 Å². The summed E-state index contributed by atoms with van der Waals surface area (Å²) in [5.74, 6) is 1.47. The smallest absolute Gasteiger partial charge is 0.256 e. The fourth-order valence-electron chi connectivity index (χ4n) is 2.53. The van der Waals surface area contributed by atoms with Crippen LogP contribution in [-0.2, 0) is 0 Å². The van der Waals surface area contributed by atoms with E-state index in [0.717, 1.165) is 17.7 Å². The van der Waals surface area contributed by atoms with Crippen molar-refractivity contribution in [2.45, 2.75) is 18.2 Å². The summed E-state index contributed by atoms with van der Waals surface area (Å²) in [6.07, 6.45) is 7.49. The number of carbonyl (C=O) groups is 1. The normalized spacial score (nSPS) is 10.6. The van der Waals surface area contributed by atoms with Gasteiger partial charge in [-0.2, -0.15) is 0 Å². The molecule has 0 atom stereocenters. The molecule has 5 nitrogen and oxygen atoms in total. The van der Waals surface area contributed by atoms with Gasteiger partial charge in [0.25, 0.3) is 5.91 Å². The van der Waals surface area contributed by atoms with Gasteiger partial charge in [-0.1, -0.05) is 17.7 Å². The van der Waals surface area contributed by atoms with E-state index in [2.05, 4.69) is 46.1 Å². The number of carbonyl (C=O) groups excluding carboxylic acids is 1. The van der Waals surface area contributed by atoms with Crippen LogP contribution in [0.25, 0.3) is 11.4 Å². The van der Waals surface area contributed by atoms with E-state index in [9.17, 15) is 4.79 Å². The summed E-state index contributed by atoms with van der Waals surface area (Å²) in [5.41, 5.74) is 2.59. The summed E-state index contributed by atoms with van der Waals surface area (Å²) in [6.45, 7) is 2.78. The van der Waals surface area contributed by atoms with Gasteiger partial charge >= 0.3 is 0 Å². The number of rotatable bonds is 7. The second-order valence-electron chi connectivity index (χ2n) is 6.28. The number of thioether (sulfide) groups is 1. The fourth-order valence-corrected chi connectivity index (χ4v) is 3.37. The Labute approximate surface area is 163 Å². The van der Waals surface area contributed by atoms with Crippen molar-refractivity contribution < 1.29 is 4.79 Å². The van der Waals surface area contributed by atoms with E-state index in [1.165, 1.54) is 10.5 Å². The molecule has 138 valence electrons. The number of aromatic nitrogens is 3. The first-order valence-corrected chi connectivity index (χ1v) is 9.79. The molecule has 0 N–H and O–H groups in total. The lowest BCUT2D eigenvalue weighted by Gasteiger charge is -2.16. The second-order valence-corrected chi connectivity index (χ2v) is 7.45. The first kappa shape index (κ1) is 19.0. The lowest BCUT2D eigenvalue weighted by atomic mass is 10.2. The van der Waals surface area contributed by atoms with Crippen molar-refractivity contribution >= 4 is 17.7 Å². The summed E-state index contributed by atoms with van der Waals surface area (Å²) in [7, 11) is 1.81. The van der Waals surface area contributed by atoms with Gasteiger partial charge in [0.05, 0.1) is 5.56 Å². The molecule has 0 fully saturated rings. The predicted octanol–water partition coefficient (Wildman–Crippen LogP) is 4.10. The van der Waals surface area contributed by atoms with Crippen LogP contribution in [0.4, 0.5) is 0 Å². The monoisotopic (exact) mass is 378 g/mol. The third-order valence-corrected chi connectivity index (χ3v) is 5.19. The third-order valence-electron chi connectivity index (χ3n) is 4.09. The van der Waals surface area contributed by atoms with Crippen LogP contribution in [0.1, 0.15) is 22.3 Å². The topological polar surface area (TPSA) is 59.0 Å². The van der Waals surface area contributed by atoms with Crippen LogP contribution in [0.3, 0.4) is 0 Å². The van der Waals surface area contributed by atoms with Crippen LogP contribution in [-0.4, -0.2) is 45.1 Å². The van der Waals surface area contributed by atoms with Crippen LogP contribution in [0.15, 0.2) is 66.1 Å². The average molecular weight is 379 g/mol. The Morgan fingerprint density at radius 3 is 2.48 bits per heavy atom. The van der Waals surface area contributed by atoms with Gasteiger partial charge in [-0.05, 0) is 43.4 Å². The average Bonchev–Trinajstić information content (AvgIpc) is 2.72. The van der Waals surface area contributed by atoms with Gasteiger partial charge in [-0.3, -0.25) is 9.78 Å². The van der Waals surface area contributed by atoms with E-state index in [-0.39, 0.29) is 5.91 Å². The standard InChI is InChI=1S/C21H22N4OS/c1-16-6-8-19(9-7-16)27-12-4-11-25(2)21(26)18-14-23-20(24-15-18)17-5-3-10-22-13-17/h3,5-10,13-15H,4,11-12H2,1-2H3. The number of benzene rings is 1. The van der Waals surface area contributed by atoms with E-state index >= 15 is 0 Å². The molecular formula is C21H22N4OS. The van der Waals surface area contributed by atoms with Crippen molar-refractivity contribution in [3.8, 4) is 11.4 Å². The molecule has 0 radical (unpaired) electrons. The zero-order valence-corrected chi connectivity index (χ0v) is 16.3. The Balaban J connectivity index is 1.49. The molecular weight excluding hydrogens is 356 g/mol. The Hall–Kier alpha value is -2.73. The zero-order chi connectivity index (χ0) is 19.1. The van der Waals surface area contributed by atoms with Gasteiger partial charge in [-0.15, -0.1) is 11.8 Å². The fraction of sp³-hybridized carbons (Fsp3) is 0.238. The highest BCUT2D eigenvalue weighted by atomic mass is 32.2. The van der Waals surface area contributed by atoms with E-state index in [1.807, 2.05) is 30.9 Å². The lowest BCUT2D eigenvalue weighted by molar-refractivity contribution is 0.0794. The summed E-state index contributed by atoms with van der Waals surface area (Å²) in [6, 6.07) is 12.2. The lowest BCUT2D eigenvalue weighted by Crippen LogP contribution is -2.28. The van der Waals surface area contributed by atoms with Gasteiger partial charge in [0, 0.05) is 48.8 Å². The molecule has 0 spiro atoms. The Bertz CT molecular complexity index is 867. The Morgan fingerprint density at radius 2 is 1.81 bits per heavy atom. The largest absolute Gasteiger partial charge is 0.342 e. The highest BCUT2D eigenvalue weighted by molar-refractivity contribution is 7.99. The van der Waals surface area contributed by atoms with Crippen LogP contribution in [0.5, 0.6) is 0 Å². The summed E-state index contributed by atoms with van der Waals surface area (Å²) < 4.78 is 0. The number of pyridine rings is 1. The number of nitrogens with zero attached hydrogens (tertiary/aromatic N) is 4. The molecule has 6 heteroatoms. The first-order valence-electron chi connectivity index (χ1n) is 8.81. The van der Waals surface area contributed by atoms with Crippen molar-refractivity contribution in [3.05, 3.63) is 72.3 Å². The number of hydrogen-bond acceptors (Lipinski definition) is 5. The minimum Gasteiger partial charge on any atom is -0.342 e. The molecule has 0 aliphatic carbocycles. The number of aryl methyl sites for hydroxylation is 1. The van der Waals surface area contributed by atoms with Crippen molar-refractivity contribution in [2.75, 3.05) is 19.3 Å². The molecule has 0 aliphatic heterocycles. The number of hydrogen-bond donors (Lipinski definition) is 0. The predicted molar refractivity (Wildman–Crippen MR) is 109 cm³/mol. The van der Waals surface area contributed by atoms with Crippen LogP contribution in [0, 0.1) is 6.92 Å². The number of amides is 1. The molecule has 2 heterocycles. The van der Waals surface area contributed by atoms with Gasteiger partial charge in [0.1, 0.15) is 0 Å². The summed E-state index contributed by atoms with van der Waals surface area (Å²) in [5, 5.41) is 0. The maximum atomic E-state index is 12.5. The SMILES string of the molecule is Cc1ccc(SCCCN(C)C(=O)c2cnc(-c3cccnc3)nc2)cc1. The molecule has 3 rings (SSSR count). The van der Waals surface area contributed by atoms with Crippen molar-refractivity contribution in [1.82, 2.24) is 19.9 Å². The van der Waals surface area contributed by atoms with Crippen LogP contribution in [0.2, 0.25) is 0 Å². The van der Waals surface area contributed by atoms with Gasteiger partial charge in [0.15, 0.2) is 5.82 Å². The molecule has 0 bridgehead atoms. The molecule has 2 aromatic heterocycles. The molecule has 27 heavy (non-hydrogen) atoms. The van der Waals surface area contributed by atoms with Crippen molar-refractivity contribution in [3.63, 3.8) is 0 Å². The minimum atomic E-state index is -0.0620. The molecule has 0 saturated heterocycles. The summed E-state index contributed by atoms with van der Waals surface area (Å²) in [4.78, 5) is 28.1. The van der Waals surface area contributed by atoms with E-state index in [4.69, 9.17) is 0 Å². The Morgan fingerprint density at radius 1 is 1.07 bits per heavy atom. The van der Waals surface area contributed by atoms with Gasteiger partial charge in [0.2, 0.25) is 0 Å². The Kier molecular flexibility index (Phi) is 6.54. The minimum absolute atomic E-state index is 0.0620. The van der Waals surface area contributed by atoms with E-state index < -0.39 is 0 Å². The van der Waals surface area contributed by atoms with Crippen molar-refractivity contribution in [1.29, 1.82) is 0 Å². The van der Waals surface area contributed by atoms with E-state index in [0.29, 0.717) is 17.9 Å². The van der Waals surface area contributed by atoms with Gasteiger partial charge in [-0.25, -0.2) is 9.97 Å². The molecule has 0 unspecified atom stereocenters. The maximum absolute atomic E-state index is 12.5. The molecule has 1 aromatic carbocycles. The van der Waals surface area contributed by atoms with Crippen LogP contribution < -0.4 is 0 Å². The summed E-state index contributed by atoms with van der Waals surface area (Å²) >= 11 is 1.81. The molecule has 3 aromatic rings. The third kappa shape index (κ3) is 5.37. The second kappa shape index (κ2) is 9.28. The highest BCUT2D eigenvalue weighted by Crippen LogP contribution is 2.19. The molecule has 1 amide bonds. The zero-order valence-electron chi connectivity index (χ0n) is 15.5. The van der Waals surface area contributed by atoms with Crippen molar-refractivity contribution in [2.24, 2.45) is 0 Å². The van der Waals surface area contributed by atoms with Gasteiger partial charge < -0.3 is 4.90 Å².